The Kier molecular flexibility index (Phi) is 6.23. The number of aromatic nitrogens is 2. The Morgan fingerprint density at radius 3 is 2.82 bits per heavy atom. The first-order valence-corrected chi connectivity index (χ1v) is 8.86. The zero-order chi connectivity index (χ0) is 20.1. The van der Waals surface area contributed by atoms with Crippen LogP contribution in [0.25, 0.3) is 10.9 Å². The van der Waals surface area contributed by atoms with Crippen LogP contribution in [0.3, 0.4) is 0 Å². The smallest absolute Gasteiger partial charge is 0.243 e. The average molecular weight is 405 g/mol. The van der Waals surface area contributed by atoms with Crippen molar-refractivity contribution in [2.24, 2.45) is 0 Å². The van der Waals surface area contributed by atoms with Crippen LogP contribution in [0.15, 0.2) is 36.7 Å². The molecule has 0 unspecified atom stereocenters. The van der Waals surface area contributed by atoms with Crippen LogP contribution < -0.4 is 15.5 Å². The fraction of sp³-hybridized carbons (Fsp3) is 0.211. The normalized spacial score (nSPS) is 10.7. The maximum Gasteiger partial charge on any atom is 0.243 e. The van der Waals surface area contributed by atoms with Crippen LogP contribution in [0, 0.1) is 5.82 Å². The number of halogens is 2. The van der Waals surface area contributed by atoms with Gasteiger partial charge in [-0.3, -0.25) is 10.0 Å². The molecule has 146 valence electrons. The number of carbonyl (C=O) groups is 1. The van der Waals surface area contributed by atoms with Crippen molar-refractivity contribution >= 4 is 39.9 Å². The third-order valence-corrected chi connectivity index (χ3v) is 4.48. The number of rotatable bonds is 7. The summed E-state index contributed by atoms with van der Waals surface area (Å²) in [5.74, 6) is 0.230. The molecule has 0 aliphatic rings. The Labute approximate surface area is 165 Å². The van der Waals surface area contributed by atoms with Crippen LogP contribution >= 0.6 is 11.6 Å². The fourth-order valence-corrected chi connectivity index (χ4v) is 3.00. The quantitative estimate of drug-likeness (QED) is 0.407. The number of carbonyl (C=O) groups excluding carboxylic acids is 1. The number of anilines is 2. The minimum atomic E-state index is -0.501. The molecule has 0 saturated carbocycles. The number of fused-ring (bicyclic) bond motifs is 1. The summed E-state index contributed by atoms with van der Waals surface area (Å²) in [7, 11) is 1.56. The molecule has 3 aromatic rings. The largest absolute Gasteiger partial charge is 0.496 e. The van der Waals surface area contributed by atoms with Crippen LogP contribution in [0.1, 0.15) is 18.4 Å². The van der Waals surface area contributed by atoms with E-state index in [1.807, 2.05) is 6.07 Å². The molecule has 1 aromatic heterocycles. The predicted molar refractivity (Wildman–Crippen MR) is 104 cm³/mol. The van der Waals surface area contributed by atoms with E-state index in [2.05, 4.69) is 15.3 Å². The zero-order valence-electron chi connectivity index (χ0n) is 15.0. The lowest BCUT2D eigenvalue weighted by molar-refractivity contribution is -0.129. The summed E-state index contributed by atoms with van der Waals surface area (Å²) in [4.78, 5) is 19.8. The highest BCUT2D eigenvalue weighted by atomic mass is 35.5. The number of hydroxylamine groups is 1. The van der Waals surface area contributed by atoms with Gasteiger partial charge in [0.15, 0.2) is 0 Å². The van der Waals surface area contributed by atoms with Crippen molar-refractivity contribution in [2.75, 3.05) is 12.4 Å². The molecule has 9 heteroatoms. The van der Waals surface area contributed by atoms with Gasteiger partial charge in [-0.2, -0.15) is 0 Å². The summed E-state index contributed by atoms with van der Waals surface area (Å²) in [5.41, 5.74) is 3.74. The summed E-state index contributed by atoms with van der Waals surface area (Å²) in [6.07, 6.45) is 2.68. The standard InChI is InChI=1S/C19H18ClFN4O3/c1-28-17-9-16-13(7-11(17)3-2-4-18(26)25-27)19(23-10-22-16)24-12-5-6-15(21)14(20)8-12/h5-10,27H,2-4H2,1H3,(H,25,26)(H,22,23,24). The van der Waals surface area contributed by atoms with Crippen LogP contribution in [0.5, 0.6) is 5.75 Å². The second kappa shape index (κ2) is 8.81. The van der Waals surface area contributed by atoms with E-state index in [4.69, 9.17) is 21.5 Å². The van der Waals surface area contributed by atoms with Crippen molar-refractivity contribution in [2.45, 2.75) is 19.3 Å². The molecular weight excluding hydrogens is 387 g/mol. The number of hydrogen-bond donors (Lipinski definition) is 3. The first-order chi connectivity index (χ1) is 13.5. The molecule has 28 heavy (non-hydrogen) atoms. The monoisotopic (exact) mass is 404 g/mol. The summed E-state index contributed by atoms with van der Waals surface area (Å²) >= 11 is 5.84. The van der Waals surface area contributed by atoms with Gasteiger partial charge in [0.2, 0.25) is 5.91 Å². The van der Waals surface area contributed by atoms with E-state index < -0.39 is 11.7 Å². The summed E-state index contributed by atoms with van der Waals surface area (Å²) in [6, 6.07) is 7.99. The number of benzene rings is 2. The number of nitrogens with zero attached hydrogens (tertiary/aromatic N) is 2. The second-order valence-electron chi connectivity index (χ2n) is 6.05. The van der Waals surface area contributed by atoms with Crippen molar-refractivity contribution in [3.05, 3.63) is 53.1 Å². The molecule has 0 aliphatic heterocycles. The molecule has 3 N–H and O–H groups in total. The Bertz CT molecular complexity index is 1020. The first kappa shape index (κ1) is 19.8. The molecule has 1 heterocycles. The average Bonchev–Trinajstić information content (AvgIpc) is 2.70. The SMILES string of the molecule is COc1cc2ncnc(Nc3ccc(F)c(Cl)c3)c2cc1CCCC(=O)NO. The highest BCUT2D eigenvalue weighted by Gasteiger charge is 2.12. The molecule has 0 radical (unpaired) electrons. The van der Waals surface area contributed by atoms with Gasteiger partial charge in [0, 0.05) is 23.6 Å². The van der Waals surface area contributed by atoms with Crippen molar-refractivity contribution in [1.29, 1.82) is 0 Å². The van der Waals surface area contributed by atoms with E-state index in [1.54, 1.807) is 24.7 Å². The van der Waals surface area contributed by atoms with Crippen LogP contribution in [-0.2, 0) is 11.2 Å². The van der Waals surface area contributed by atoms with Crippen molar-refractivity contribution < 1.29 is 19.1 Å². The van der Waals surface area contributed by atoms with Gasteiger partial charge < -0.3 is 10.1 Å². The predicted octanol–water partition coefficient (Wildman–Crippen LogP) is 4.00. The third-order valence-electron chi connectivity index (χ3n) is 4.19. The van der Waals surface area contributed by atoms with Gasteiger partial charge in [0.25, 0.3) is 0 Å². The van der Waals surface area contributed by atoms with E-state index in [-0.39, 0.29) is 11.4 Å². The second-order valence-corrected chi connectivity index (χ2v) is 6.45. The molecular formula is C19H18ClFN4O3. The Hall–Kier alpha value is -2.97. The lowest BCUT2D eigenvalue weighted by Crippen LogP contribution is -2.18. The molecule has 3 rings (SSSR count). The lowest BCUT2D eigenvalue weighted by atomic mass is 10.0. The molecule has 7 nitrogen and oxygen atoms in total. The number of nitrogens with one attached hydrogen (secondary N) is 2. The molecule has 0 spiro atoms. The van der Waals surface area contributed by atoms with E-state index in [9.17, 15) is 9.18 Å². The summed E-state index contributed by atoms with van der Waals surface area (Å²) in [5, 5.41) is 12.5. The summed E-state index contributed by atoms with van der Waals surface area (Å²) < 4.78 is 18.8. The molecule has 0 fully saturated rings. The van der Waals surface area contributed by atoms with Crippen LogP contribution in [0.2, 0.25) is 5.02 Å². The molecule has 0 bridgehead atoms. The topological polar surface area (TPSA) is 96.4 Å². The van der Waals surface area contributed by atoms with Gasteiger partial charge in [0.1, 0.15) is 23.7 Å². The van der Waals surface area contributed by atoms with Crippen LogP contribution in [-0.4, -0.2) is 28.2 Å². The number of aryl methyl sites for hydroxylation is 1. The molecule has 0 aliphatic carbocycles. The maximum absolute atomic E-state index is 13.4. The van der Waals surface area contributed by atoms with Gasteiger partial charge in [-0.15, -0.1) is 0 Å². The van der Waals surface area contributed by atoms with Gasteiger partial charge in [-0.1, -0.05) is 11.6 Å². The first-order valence-electron chi connectivity index (χ1n) is 8.48. The Balaban J connectivity index is 1.93. The zero-order valence-corrected chi connectivity index (χ0v) is 15.8. The maximum atomic E-state index is 13.4. The van der Waals surface area contributed by atoms with E-state index in [0.29, 0.717) is 35.6 Å². The van der Waals surface area contributed by atoms with Gasteiger partial charge in [0.05, 0.1) is 17.6 Å². The Morgan fingerprint density at radius 2 is 2.11 bits per heavy atom. The molecule has 1 amide bonds. The van der Waals surface area contributed by atoms with Gasteiger partial charge in [-0.05, 0) is 42.7 Å². The third kappa shape index (κ3) is 4.47. The number of amides is 1. The van der Waals surface area contributed by atoms with Crippen LogP contribution in [0.4, 0.5) is 15.9 Å². The molecule has 0 atom stereocenters. The van der Waals surface area contributed by atoms with E-state index >= 15 is 0 Å². The molecule has 0 saturated heterocycles. The highest BCUT2D eigenvalue weighted by Crippen LogP contribution is 2.31. The highest BCUT2D eigenvalue weighted by molar-refractivity contribution is 6.31. The minimum Gasteiger partial charge on any atom is -0.496 e. The number of methoxy groups -OCH3 is 1. The van der Waals surface area contributed by atoms with Crippen molar-refractivity contribution in [1.82, 2.24) is 15.4 Å². The number of hydrogen-bond acceptors (Lipinski definition) is 6. The van der Waals surface area contributed by atoms with E-state index in [0.717, 1.165) is 10.9 Å². The fourth-order valence-electron chi connectivity index (χ4n) is 2.82. The van der Waals surface area contributed by atoms with Crippen molar-refractivity contribution in [3.8, 4) is 5.75 Å². The van der Waals surface area contributed by atoms with Crippen molar-refractivity contribution in [3.63, 3.8) is 0 Å². The minimum absolute atomic E-state index is 0.00730. The van der Waals surface area contributed by atoms with Gasteiger partial charge >= 0.3 is 0 Å². The Morgan fingerprint density at radius 1 is 1.29 bits per heavy atom. The lowest BCUT2D eigenvalue weighted by Gasteiger charge is -2.13. The summed E-state index contributed by atoms with van der Waals surface area (Å²) in [6.45, 7) is 0. The van der Waals surface area contributed by atoms with E-state index in [1.165, 1.54) is 18.5 Å². The number of ether oxygens (including phenoxy) is 1. The van der Waals surface area contributed by atoms with Gasteiger partial charge in [-0.25, -0.2) is 19.8 Å². The molecule has 2 aromatic carbocycles.